The quantitative estimate of drug-likeness (QED) is 0.732. The van der Waals surface area contributed by atoms with Crippen LogP contribution in [0.25, 0.3) is 0 Å². The molecule has 0 aromatic carbocycles. The summed E-state index contributed by atoms with van der Waals surface area (Å²) in [6.07, 6.45) is 2.26. The van der Waals surface area contributed by atoms with Crippen molar-refractivity contribution in [2.45, 2.75) is 31.7 Å². The minimum absolute atomic E-state index is 0.0499. The molecule has 0 fully saturated rings. The van der Waals surface area contributed by atoms with E-state index in [4.69, 9.17) is 5.73 Å². The summed E-state index contributed by atoms with van der Waals surface area (Å²) in [4.78, 5) is 0.103. The first-order valence-corrected chi connectivity index (χ1v) is 7.66. The third-order valence-electron chi connectivity index (χ3n) is 2.91. The summed E-state index contributed by atoms with van der Waals surface area (Å²) < 4.78 is 29.1. The molecule has 4 N–H and O–H groups in total. The predicted molar refractivity (Wildman–Crippen MR) is 74.6 cm³/mol. The average Bonchev–Trinajstić information content (AvgIpc) is 2.91. The van der Waals surface area contributed by atoms with Crippen LogP contribution in [-0.2, 0) is 30.0 Å². The lowest BCUT2D eigenvalue weighted by Gasteiger charge is -2.08. The number of hydrogen-bond acceptors (Lipinski definition) is 5. The van der Waals surface area contributed by atoms with Gasteiger partial charge in [-0.15, -0.1) is 0 Å². The van der Waals surface area contributed by atoms with Crippen molar-refractivity contribution in [3.8, 4) is 0 Å². The van der Waals surface area contributed by atoms with Gasteiger partial charge in [0.2, 0.25) is 0 Å². The van der Waals surface area contributed by atoms with Gasteiger partial charge >= 0.3 is 0 Å². The monoisotopic (exact) mass is 298 g/mol. The summed E-state index contributed by atoms with van der Waals surface area (Å²) in [5.74, 6) is 0. The molecule has 2 heterocycles. The van der Waals surface area contributed by atoms with E-state index in [-0.39, 0.29) is 11.4 Å². The van der Waals surface area contributed by atoms with E-state index in [1.807, 2.05) is 6.92 Å². The Balaban J connectivity index is 2.43. The molecule has 0 radical (unpaired) electrons. The van der Waals surface area contributed by atoms with Gasteiger partial charge in [0.25, 0.3) is 10.0 Å². The molecular formula is C11H18N6O2S. The van der Waals surface area contributed by atoms with Gasteiger partial charge in [-0.1, -0.05) is 6.92 Å². The Kier molecular flexibility index (Phi) is 3.82. The van der Waals surface area contributed by atoms with E-state index >= 15 is 0 Å². The van der Waals surface area contributed by atoms with Crippen molar-refractivity contribution in [2.75, 3.05) is 4.72 Å². The molecule has 2 rings (SSSR count). The molecular weight excluding hydrogens is 280 g/mol. The van der Waals surface area contributed by atoms with Crippen LogP contribution in [0.15, 0.2) is 11.1 Å². The average molecular weight is 298 g/mol. The summed E-state index contributed by atoms with van der Waals surface area (Å²) in [5, 5.41) is 10.7. The number of aromatic nitrogens is 4. The molecule has 0 amide bonds. The number of H-pyrrole nitrogens is 1. The van der Waals surface area contributed by atoms with E-state index < -0.39 is 10.0 Å². The Labute approximate surface area is 117 Å². The second kappa shape index (κ2) is 5.25. The molecule has 0 atom stereocenters. The molecule has 2 aromatic heterocycles. The highest BCUT2D eigenvalue weighted by molar-refractivity contribution is 7.92. The van der Waals surface area contributed by atoms with E-state index in [0.29, 0.717) is 29.2 Å². The lowest BCUT2D eigenvalue weighted by Crippen LogP contribution is -2.17. The Morgan fingerprint density at radius 1 is 1.45 bits per heavy atom. The van der Waals surface area contributed by atoms with Crippen molar-refractivity contribution in [3.63, 3.8) is 0 Å². The molecule has 20 heavy (non-hydrogen) atoms. The molecule has 0 unspecified atom stereocenters. The fourth-order valence-electron chi connectivity index (χ4n) is 2.04. The topological polar surface area (TPSA) is 119 Å². The highest BCUT2D eigenvalue weighted by Gasteiger charge is 2.25. The first-order valence-electron chi connectivity index (χ1n) is 6.18. The van der Waals surface area contributed by atoms with Gasteiger partial charge in [0.1, 0.15) is 4.90 Å². The first kappa shape index (κ1) is 14.5. The SMILES string of the molecule is CCc1nn(C)cc1NS(=O)(=O)c1c(CN)n[nH]c1C. The zero-order valence-corrected chi connectivity index (χ0v) is 12.5. The zero-order valence-electron chi connectivity index (χ0n) is 11.6. The van der Waals surface area contributed by atoms with Gasteiger partial charge in [0.15, 0.2) is 0 Å². The van der Waals surface area contributed by atoms with Crippen LogP contribution in [-0.4, -0.2) is 28.4 Å². The van der Waals surface area contributed by atoms with Crippen molar-refractivity contribution < 1.29 is 8.42 Å². The molecule has 0 aliphatic rings. The van der Waals surface area contributed by atoms with Crippen LogP contribution in [0.5, 0.6) is 0 Å². The highest BCUT2D eigenvalue weighted by atomic mass is 32.2. The van der Waals surface area contributed by atoms with Crippen molar-refractivity contribution in [1.29, 1.82) is 0 Å². The molecule has 2 aromatic rings. The number of aromatic amines is 1. The van der Waals surface area contributed by atoms with E-state index in [9.17, 15) is 8.42 Å². The van der Waals surface area contributed by atoms with Gasteiger partial charge in [-0.05, 0) is 13.3 Å². The van der Waals surface area contributed by atoms with Gasteiger partial charge in [0.05, 0.1) is 22.8 Å². The maximum absolute atomic E-state index is 12.5. The number of rotatable bonds is 5. The van der Waals surface area contributed by atoms with Crippen molar-refractivity contribution in [3.05, 3.63) is 23.3 Å². The number of aryl methyl sites for hydroxylation is 3. The number of nitrogens with one attached hydrogen (secondary N) is 2. The van der Waals surface area contributed by atoms with Crippen LogP contribution >= 0.6 is 0 Å². The van der Waals surface area contributed by atoms with Gasteiger partial charge in [-0.2, -0.15) is 10.2 Å². The summed E-state index contributed by atoms with van der Waals surface area (Å²) in [7, 11) is -2.00. The van der Waals surface area contributed by atoms with Gasteiger partial charge < -0.3 is 5.73 Å². The maximum Gasteiger partial charge on any atom is 0.265 e. The van der Waals surface area contributed by atoms with E-state index in [1.54, 1.807) is 24.9 Å². The number of nitrogens with zero attached hydrogens (tertiary/aromatic N) is 3. The number of hydrogen-bond donors (Lipinski definition) is 3. The third-order valence-corrected chi connectivity index (χ3v) is 4.48. The molecule has 0 saturated heterocycles. The van der Waals surface area contributed by atoms with Crippen LogP contribution in [0.2, 0.25) is 0 Å². The smallest absolute Gasteiger partial charge is 0.265 e. The molecule has 0 aliphatic heterocycles. The van der Waals surface area contributed by atoms with Gasteiger partial charge in [0, 0.05) is 19.8 Å². The minimum atomic E-state index is -3.74. The molecule has 0 aliphatic carbocycles. The van der Waals surface area contributed by atoms with Crippen LogP contribution in [0, 0.1) is 6.92 Å². The zero-order chi connectivity index (χ0) is 14.9. The summed E-state index contributed by atoms with van der Waals surface area (Å²) in [5.41, 5.74) is 7.46. The fourth-order valence-corrected chi connectivity index (χ4v) is 3.49. The Hall–Kier alpha value is -1.87. The number of anilines is 1. The summed E-state index contributed by atoms with van der Waals surface area (Å²) in [6, 6.07) is 0. The summed E-state index contributed by atoms with van der Waals surface area (Å²) in [6.45, 7) is 3.60. The predicted octanol–water partition coefficient (Wildman–Crippen LogP) is 0.274. The van der Waals surface area contributed by atoms with E-state index in [2.05, 4.69) is 20.0 Å². The molecule has 9 heteroatoms. The third kappa shape index (κ3) is 2.54. The van der Waals surface area contributed by atoms with Crippen molar-refractivity contribution in [1.82, 2.24) is 20.0 Å². The molecule has 0 spiro atoms. The van der Waals surface area contributed by atoms with E-state index in [0.717, 1.165) is 0 Å². The van der Waals surface area contributed by atoms with Gasteiger partial charge in [-0.25, -0.2) is 8.42 Å². The lowest BCUT2D eigenvalue weighted by atomic mass is 10.3. The molecule has 110 valence electrons. The number of nitrogens with two attached hydrogens (primary N) is 1. The maximum atomic E-state index is 12.5. The Morgan fingerprint density at radius 3 is 2.75 bits per heavy atom. The minimum Gasteiger partial charge on any atom is -0.325 e. The van der Waals surface area contributed by atoms with Crippen LogP contribution in [0.4, 0.5) is 5.69 Å². The second-order valence-electron chi connectivity index (χ2n) is 4.45. The molecule has 8 nitrogen and oxygen atoms in total. The van der Waals surface area contributed by atoms with Crippen LogP contribution < -0.4 is 10.5 Å². The van der Waals surface area contributed by atoms with Gasteiger partial charge in [-0.3, -0.25) is 14.5 Å². The summed E-state index contributed by atoms with van der Waals surface area (Å²) >= 11 is 0. The molecule has 0 saturated carbocycles. The second-order valence-corrected chi connectivity index (χ2v) is 6.07. The molecule has 0 bridgehead atoms. The largest absolute Gasteiger partial charge is 0.325 e. The van der Waals surface area contributed by atoms with Crippen molar-refractivity contribution >= 4 is 15.7 Å². The Morgan fingerprint density at radius 2 is 2.15 bits per heavy atom. The standard InChI is InChI=1S/C11H18N6O2S/c1-4-8-10(6-17(3)15-8)16-20(18,19)11-7(2)13-14-9(11)5-12/h6,16H,4-5,12H2,1-3H3,(H,13,14). The number of sulfonamides is 1. The highest BCUT2D eigenvalue weighted by Crippen LogP contribution is 2.23. The van der Waals surface area contributed by atoms with E-state index in [1.165, 1.54) is 0 Å². The lowest BCUT2D eigenvalue weighted by molar-refractivity contribution is 0.599. The van der Waals surface area contributed by atoms with Crippen LogP contribution in [0.3, 0.4) is 0 Å². The first-order chi connectivity index (χ1) is 9.39. The van der Waals surface area contributed by atoms with Crippen LogP contribution in [0.1, 0.15) is 24.0 Å². The van der Waals surface area contributed by atoms with Crippen molar-refractivity contribution in [2.24, 2.45) is 12.8 Å². The fraction of sp³-hybridized carbons (Fsp3) is 0.455. The normalized spacial score (nSPS) is 11.8. The Bertz CT molecular complexity index is 715.